The minimum atomic E-state index is -1.12. The van der Waals surface area contributed by atoms with E-state index in [2.05, 4.69) is 47.8 Å². The Bertz CT molecular complexity index is 694. The number of aromatic carboxylic acids is 2. The Morgan fingerprint density at radius 2 is 1.48 bits per heavy atom. The summed E-state index contributed by atoms with van der Waals surface area (Å²) in [5.74, 6) is -2.23. The van der Waals surface area contributed by atoms with Gasteiger partial charge in [-0.1, -0.05) is 84.2 Å². The van der Waals surface area contributed by atoms with Crippen molar-refractivity contribution >= 4 is 59.7 Å². The van der Waals surface area contributed by atoms with Crippen LogP contribution in [0.25, 0.3) is 0 Å². The zero-order valence-corrected chi connectivity index (χ0v) is 16.7. The van der Waals surface area contributed by atoms with Gasteiger partial charge in [0, 0.05) is 0 Å². The van der Waals surface area contributed by atoms with Gasteiger partial charge in [0.25, 0.3) is 0 Å². The van der Waals surface area contributed by atoms with Crippen molar-refractivity contribution in [1.82, 2.24) is 0 Å². The fourth-order valence-electron chi connectivity index (χ4n) is 1.61. The standard InChI is InChI=1S/C9H8O4.C7H5Br3/c1-5-2-3-6(8(10)11)4-7(5)9(12)13;8-7(9,10)6-4-2-1-3-5-6/h2-4H,1H3,(H,10,11)(H,12,13);1-5H. The molecule has 0 fully saturated rings. The molecule has 2 N–H and O–H groups in total. The molecule has 2 aromatic carbocycles. The van der Waals surface area contributed by atoms with Crippen molar-refractivity contribution in [1.29, 1.82) is 0 Å². The maximum atomic E-state index is 10.6. The van der Waals surface area contributed by atoms with Gasteiger partial charge in [-0.3, -0.25) is 0 Å². The summed E-state index contributed by atoms with van der Waals surface area (Å²) in [4.78, 5) is 21.1. The largest absolute Gasteiger partial charge is 0.478 e. The maximum absolute atomic E-state index is 10.6. The predicted octanol–water partition coefficient (Wildman–Crippen LogP) is 5.37. The van der Waals surface area contributed by atoms with Crippen molar-refractivity contribution in [2.24, 2.45) is 0 Å². The topological polar surface area (TPSA) is 74.6 Å². The van der Waals surface area contributed by atoms with Crippen LogP contribution in [0.2, 0.25) is 0 Å². The Morgan fingerprint density at radius 1 is 0.913 bits per heavy atom. The third-order valence-corrected chi connectivity index (χ3v) is 4.19. The lowest BCUT2D eigenvalue weighted by molar-refractivity contribution is 0.0695. The third-order valence-electron chi connectivity index (χ3n) is 2.82. The summed E-state index contributed by atoms with van der Waals surface area (Å²) in [6.45, 7) is 1.62. The van der Waals surface area contributed by atoms with E-state index in [4.69, 9.17) is 10.2 Å². The number of alkyl halides is 3. The molecule has 7 heteroatoms. The van der Waals surface area contributed by atoms with Gasteiger partial charge in [-0.15, -0.1) is 0 Å². The van der Waals surface area contributed by atoms with E-state index < -0.39 is 11.9 Å². The average molecular weight is 509 g/mol. The van der Waals surface area contributed by atoms with Crippen LogP contribution in [-0.4, -0.2) is 22.2 Å². The highest BCUT2D eigenvalue weighted by Gasteiger charge is 2.19. The molecule has 0 aliphatic carbocycles. The molecule has 0 saturated heterocycles. The van der Waals surface area contributed by atoms with Crippen LogP contribution in [0.4, 0.5) is 0 Å². The summed E-state index contributed by atoms with van der Waals surface area (Å²) < 4.78 is -0.270. The molecule has 0 bridgehead atoms. The molecule has 0 aliphatic heterocycles. The number of carbonyl (C=O) groups is 2. The van der Waals surface area contributed by atoms with Crippen molar-refractivity contribution in [3.63, 3.8) is 0 Å². The van der Waals surface area contributed by atoms with Crippen LogP contribution in [0.15, 0.2) is 48.5 Å². The summed E-state index contributed by atoms with van der Waals surface area (Å²) in [6.07, 6.45) is 0. The lowest BCUT2D eigenvalue weighted by Crippen LogP contribution is -2.03. The van der Waals surface area contributed by atoms with Crippen LogP contribution in [0.1, 0.15) is 31.8 Å². The fourth-order valence-corrected chi connectivity index (χ4v) is 2.41. The third kappa shape index (κ3) is 6.45. The van der Waals surface area contributed by atoms with Crippen molar-refractivity contribution in [2.45, 2.75) is 9.07 Å². The molecular weight excluding hydrogens is 496 g/mol. The van der Waals surface area contributed by atoms with Crippen molar-refractivity contribution in [3.8, 4) is 0 Å². The lowest BCUT2D eigenvalue weighted by Gasteiger charge is -2.10. The Hall–Kier alpha value is -1.18. The van der Waals surface area contributed by atoms with Crippen LogP contribution in [0.5, 0.6) is 0 Å². The van der Waals surface area contributed by atoms with Gasteiger partial charge < -0.3 is 10.2 Å². The van der Waals surface area contributed by atoms with Crippen LogP contribution < -0.4 is 0 Å². The Labute approximate surface area is 158 Å². The normalized spacial score (nSPS) is 10.4. The number of rotatable bonds is 2. The van der Waals surface area contributed by atoms with Gasteiger partial charge in [-0.2, -0.15) is 0 Å². The van der Waals surface area contributed by atoms with E-state index in [-0.39, 0.29) is 13.3 Å². The highest BCUT2D eigenvalue weighted by Crippen LogP contribution is 2.43. The van der Waals surface area contributed by atoms with Crippen LogP contribution in [0.3, 0.4) is 0 Å². The highest BCUT2D eigenvalue weighted by molar-refractivity contribution is 9.38. The monoisotopic (exact) mass is 506 g/mol. The number of carboxylic acids is 2. The second-order valence-corrected chi connectivity index (χ2v) is 11.3. The Morgan fingerprint density at radius 3 is 1.87 bits per heavy atom. The van der Waals surface area contributed by atoms with E-state index in [0.29, 0.717) is 5.56 Å². The molecule has 0 heterocycles. The number of hydrogen-bond acceptors (Lipinski definition) is 2. The first kappa shape index (κ1) is 19.9. The van der Waals surface area contributed by atoms with Crippen LogP contribution in [-0.2, 0) is 2.14 Å². The van der Waals surface area contributed by atoms with Crippen molar-refractivity contribution in [2.75, 3.05) is 0 Å². The first-order valence-corrected chi connectivity index (χ1v) is 8.70. The van der Waals surface area contributed by atoms with Gasteiger partial charge in [-0.05, 0) is 30.2 Å². The molecule has 2 aromatic rings. The zero-order valence-electron chi connectivity index (χ0n) is 12.0. The molecular formula is C16H13Br3O4. The molecule has 0 atom stereocenters. The van der Waals surface area contributed by atoms with Crippen molar-refractivity contribution in [3.05, 3.63) is 70.8 Å². The molecule has 0 radical (unpaired) electrons. The fraction of sp³-hybridized carbons (Fsp3) is 0.125. The van der Waals surface area contributed by atoms with E-state index in [0.717, 1.165) is 11.6 Å². The van der Waals surface area contributed by atoms with Gasteiger partial charge in [-0.25, -0.2) is 9.59 Å². The molecule has 122 valence electrons. The molecule has 0 spiro atoms. The van der Waals surface area contributed by atoms with Crippen LogP contribution in [0, 0.1) is 6.92 Å². The molecule has 23 heavy (non-hydrogen) atoms. The second kappa shape index (κ2) is 8.61. The SMILES string of the molecule is BrC(Br)(Br)c1ccccc1.Cc1ccc(C(=O)O)cc1C(=O)O. The number of carboxylic acid groups (broad SMARTS) is 2. The Kier molecular flexibility index (Phi) is 7.44. The number of hydrogen-bond donors (Lipinski definition) is 2. The summed E-state index contributed by atoms with van der Waals surface area (Å²) in [6, 6.07) is 14.0. The maximum Gasteiger partial charge on any atom is 0.335 e. The number of aryl methyl sites for hydroxylation is 1. The van der Waals surface area contributed by atoms with Gasteiger partial charge >= 0.3 is 11.9 Å². The van der Waals surface area contributed by atoms with E-state index in [1.807, 2.05) is 30.3 Å². The van der Waals surface area contributed by atoms with Gasteiger partial charge in [0.05, 0.1) is 11.1 Å². The first-order valence-electron chi connectivity index (χ1n) is 6.32. The molecule has 0 aromatic heterocycles. The lowest BCUT2D eigenvalue weighted by atomic mass is 10.1. The van der Waals surface area contributed by atoms with E-state index in [9.17, 15) is 9.59 Å². The molecule has 2 rings (SSSR count). The number of benzene rings is 2. The minimum absolute atomic E-state index is 0.0111. The summed E-state index contributed by atoms with van der Waals surface area (Å²) >= 11 is 10.3. The van der Waals surface area contributed by atoms with E-state index in [1.54, 1.807) is 6.92 Å². The predicted molar refractivity (Wildman–Crippen MR) is 100.0 cm³/mol. The smallest absolute Gasteiger partial charge is 0.335 e. The zero-order chi connectivity index (χ0) is 17.6. The summed E-state index contributed by atoms with van der Waals surface area (Å²) in [5, 5.41) is 17.3. The molecule has 0 unspecified atom stereocenters. The first-order chi connectivity index (χ1) is 10.6. The molecule has 0 saturated carbocycles. The van der Waals surface area contributed by atoms with Crippen molar-refractivity contribution < 1.29 is 19.8 Å². The highest BCUT2D eigenvalue weighted by atomic mass is 80.0. The van der Waals surface area contributed by atoms with E-state index in [1.165, 1.54) is 12.1 Å². The van der Waals surface area contributed by atoms with E-state index >= 15 is 0 Å². The van der Waals surface area contributed by atoms with Gasteiger partial charge in [0.2, 0.25) is 0 Å². The van der Waals surface area contributed by atoms with Crippen LogP contribution >= 0.6 is 47.8 Å². The molecule has 0 amide bonds. The van der Waals surface area contributed by atoms with Gasteiger partial charge in [0.15, 0.2) is 2.14 Å². The second-order valence-electron chi connectivity index (χ2n) is 4.50. The summed E-state index contributed by atoms with van der Waals surface area (Å²) in [7, 11) is 0. The summed E-state index contributed by atoms with van der Waals surface area (Å²) in [5.41, 5.74) is 1.72. The molecule has 0 aliphatic rings. The Balaban J connectivity index is 0.000000238. The molecule has 4 nitrogen and oxygen atoms in total. The number of halogens is 3. The quantitative estimate of drug-likeness (QED) is 0.535. The minimum Gasteiger partial charge on any atom is -0.478 e. The van der Waals surface area contributed by atoms with Gasteiger partial charge in [0.1, 0.15) is 0 Å². The average Bonchev–Trinajstić information content (AvgIpc) is 2.48.